The average Bonchev–Trinajstić information content (AvgIpc) is 2.76. The van der Waals surface area contributed by atoms with E-state index in [1.165, 1.54) is 4.88 Å². The molecule has 0 fully saturated rings. The Morgan fingerprint density at radius 1 is 1.53 bits per heavy atom. The van der Waals surface area contributed by atoms with Crippen molar-refractivity contribution in [2.24, 2.45) is 0 Å². The summed E-state index contributed by atoms with van der Waals surface area (Å²) in [4.78, 5) is 5.43. The van der Waals surface area contributed by atoms with Gasteiger partial charge in [0.2, 0.25) is 0 Å². The molecule has 1 aromatic heterocycles. The summed E-state index contributed by atoms with van der Waals surface area (Å²) in [5.41, 5.74) is 1.89. The smallest absolute Gasteiger partial charge is 0.0794 e. The molecule has 2 atom stereocenters. The highest BCUT2D eigenvalue weighted by Gasteiger charge is 2.10. The monoisotopic (exact) mass is 228 g/mol. The van der Waals surface area contributed by atoms with Gasteiger partial charge in [0.05, 0.1) is 11.6 Å². The zero-order valence-corrected chi connectivity index (χ0v) is 10.5. The molecule has 0 aliphatic heterocycles. The van der Waals surface area contributed by atoms with Gasteiger partial charge in [0.15, 0.2) is 0 Å². The van der Waals surface area contributed by atoms with Crippen molar-refractivity contribution in [3.8, 4) is 0 Å². The third kappa shape index (κ3) is 4.73. The number of nitrogens with one attached hydrogen (secondary N) is 1. The molecule has 4 heteroatoms. The standard InChI is InChI=1S/C11H20N2OS/c1-9(14-3)4-5-10(12-2)6-11-7-13-8-15-11/h7-10,12H,4-6H2,1-3H3. The van der Waals surface area contributed by atoms with E-state index < -0.39 is 0 Å². The number of thiazole rings is 1. The van der Waals surface area contributed by atoms with Gasteiger partial charge in [-0.3, -0.25) is 4.98 Å². The first-order valence-corrected chi connectivity index (χ1v) is 6.21. The van der Waals surface area contributed by atoms with E-state index in [0.29, 0.717) is 12.1 Å². The number of ether oxygens (including phenoxy) is 1. The Labute approximate surface area is 95.9 Å². The van der Waals surface area contributed by atoms with E-state index in [0.717, 1.165) is 19.3 Å². The fourth-order valence-corrected chi connectivity index (χ4v) is 2.16. The zero-order chi connectivity index (χ0) is 11.1. The molecule has 0 radical (unpaired) electrons. The molecule has 0 saturated carbocycles. The number of nitrogens with zero attached hydrogens (tertiary/aromatic N) is 1. The Kier molecular flexibility index (Phi) is 5.83. The molecule has 86 valence electrons. The van der Waals surface area contributed by atoms with Gasteiger partial charge in [0.1, 0.15) is 0 Å². The SMILES string of the molecule is CNC(CCC(C)OC)Cc1cncs1. The number of hydrogen-bond acceptors (Lipinski definition) is 4. The minimum absolute atomic E-state index is 0.349. The Morgan fingerprint density at radius 3 is 2.87 bits per heavy atom. The maximum absolute atomic E-state index is 5.24. The minimum Gasteiger partial charge on any atom is -0.382 e. The predicted molar refractivity (Wildman–Crippen MR) is 64.4 cm³/mol. The van der Waals surface area contributed by atoms with Gasteiger partial charge in [-0.2, -0.15) is 0 Å². The number of methoxy groups -OCH3 is 1. The summed E-state index contributed by atoms with van der Waals surface area (Å²) < 4.78 is 5.24. The molecule has 0 aliphatic carbocycles. The molecule has 15 heavy (non-hydrogen) atoms. The molecule has 0 aromatic carbocycles. The number of rotatable bonds is 7. The van der Waals surface area contributed by atoms with Crippen LogP contribution in [0.1, 0.15) is 24.6 Å². The molecule has 3 nitrogen and oxygen atoms in total. The molecule has 1 N–H and O–H groups in total. The van der Waals surface area contributed by atoms with Crippen LogP contribution in [0.2, 0.25) is 0 Å². The van der Waals surface area contributed by atoms with Gasteiger partial charge < -0.3 is 10.1 Å². The van der Waals surface area contributed by atoms with Crippen molar-refractivity contribution < 1.29 is 4.74 Å². The van der Waals surface area contributed by atoms with Crippen LogP contribution in [0.5, 0.6) is 0 Å². The van der Waals surface area contributed by atoms with Gasteiger partial charge in [-0.05, 0) is 33.2 Å². The van der Waals surface area contributed by atoms with Crippen LogP contribution < -0.4 is 5.32 Å². The number of aromatic nitrogens is 1. The van der Waals surface area contributed by atoms with Crippen molar-refractivity contribution in [2.75, 3.05) is 14.2 Å². The lowest BCUT2D eigenvalue weighted by Gasteiger charge is -2.17. The van der Waals surface area contributed by atoms with Gasteiger partial charge in [-0.25, -0.2) is 0 Å². The van der Waals surface area contributed by atoms with Crippen LogP contribution in [-0.2, 0) is 11.2 Å². The third-order valence-corrected chi connectivity index (χ3v) is 3.47. The summed E-state index contributed by atoms with van der Waals surface area (Å²) in [5, 5.41) is 3.34. The largest absolute Gasteiger partial charge is 0.382 e. The molecule has 0 spiro atoms. The van der Waals surface area contributed by atoms with Crippen molar-refractivity contribution in [1.29, 1.82) is 0 Å². The molecule has 0 saturated heterocycles. The highest BCUT2D eigenvalue weighted by atomic mass is 32.1. The second-order valence-electron chi connectivity index (χ2n) is 3.78. The summed E-state index contributed by atoms with van der Waals surface area (Å²) in [7, 11) is 3.78. The van der Waals surface area contributed by atoms with Gasteiger partial charge in [-0.1, -0.05) is 0 Å². The van der Waals surface area contributed by atoms with E-state index in [4.69, 9.17) is 4.74 Å². The van der Waals surface area contributed by atoms with E-state index in [1.54, 1.807) is 18.4 Å². The van der Waals surface area contributed by atoms with Crippen LogP contribution in [0, 0.1) is 0 Å². The molecule has 1 aromatic rings. The molecular formula is C11H20N2OS. The van der Waals surface area contributed by atoms with Crippen LogP contribution in [-0.4, -0.2) is 31.3 Å². The van der Waals surface area contributed by atoms with E-state index in [2.05, 4.69) is 17.2 Å². The summed E-state index contributed by atoms with van der Waals surface area (Å²) in [6, 6.07) is 0.531. The van der Waals surface area contributed by atoms with Crippen LogP contribution in [0.3, 0.4) is 0 Å². The lowest BCUT2D eigenvalue weighted by Crippen LogP contribution is -2.28. The predicted octanol–water partition coefficient (Wildman–Crippen LogP) is 2.09. The topological polar surface area (TPSA) is 34.1 Å². The Hall–Kier alpha value is -0.450. The lowest BCUT2D eigenvalue weighted by atomic mass is 10.1. The maximum atomic E-state index is 5.24. The van der Waals surface area contributed by atoms with Gasteiger partial charge in [0.25, 0.3) is 0 Å². The second kappa shape index (κ2) is 6.93. The van der Waals surface area contributed by atoms with Crippen LogP contribution in [0.25, 0.3) is 0 Å². The number of hydrogen-bond donors (Lipinski definition) is 1. The molecular weight excluding hydrogens is 208 g/mol. The molecule has 0 aliphatic rings. The molecule has 1 rings (SSSR count). The van der Waals surface area contributed by atoms with E-state index in [1.807, 2.05) is 18.8 Å². The summed E-state index contributed by atoms with van der Waals surface area (Å²) in [6.07, 6.45) is 5.61. The van der Waals surface area contributed by atoms with Crippen LogP contribution in [0.4, 0.5) is 0 Å². The van der Waals surface area contributed by atoms with E-state index in [-0.39, 0.29) is 0 Å². The van der Waals surface area contributed by atoms with Crippen molar-refractivity contribution >= 4 is 11.3 Å². The van der Waals surface area contributed by atoms with Crippen LogP contribution >= 0.6 is 11.3 Å². The lowest BCUT2D eigenvalue weighted by molar-refractivity contribution is 0.106. The van der Waals surface area contributed by atoms with Crippen molar-refractivity contribution in [3.05, 3.63) is 16.6 Å². The van der Waals surface area contributed by atoms with Crippen LogP contribution in [0.15, 0.2) is 11.7 Å². The van der Waals surface area contributed by atoms with Crippen molar-refractivity contribution in [2.45, 2.75) is 38.3 Å². The van der Waals surface area contributed by atoms with Crippen molar-refractivity contribution in [3.63, 3.8) is 0 Å². The summed E-state index contributed by atoms with van der Waals surface area (Å²) in [5.74, 6) is 0. The Balaban J connectivity index is 2.30. The molecule has 2 unspecified atom stereocenters. The fraction of sp³-hybridized carbons (Fsp3) is 0.727. The zero-order valence-electron chi connectivity index (χ0n) is 9.69. The minimum atomic E-state index is 0.349. The Bertz CT molecular complexity index is 251. The number of likely N-dealkylation sites (N-methyl/N-ethyl adjacent to an activating group) is 1. The first kappa shape index (κ1) is 12.6. The summed E-state index contributed by atoms with van der Waals surface area (Å²) >= 11 is 1.72. The molecule has 0 amide bonds. The highest BCUT2D eigenvalue weighted by molar-refractivity contribution is 7.09. The highest BCUT2D eigenvalue weighted by Crippen LogP contribution is 2.12. The second-order valence-corrected chi connectivity index (χ2v) is 4.75. The Morgan fingerprint density at radius 2 is 2.33 bits per heavy atom. The van der Waals surface area contributed by atoms with E-state index >= 15 is 0 Å². The average molecular weight is 228 g/mol. The van der Waals surface area contributed by atoms with Crippen molar-refractivity contribution in [1.82, 2.24) is 10.3 Å². The van der Waals surface area contributed by atoms with Gasteiger partial charge in [-0.15, -0.1) is 11.3 Å². The van der Waals surface area contributed by atoms with E-state index in [9.17, 15) is 0 Å². The third-order valence-electron chi connectivity index (χ3n) is 2.66. The molecule has 1 heterocycles. The fourth-order valence-electron chi connectivity index (χ4n) is 1.49. The quantitative estimate of drug-likeness (QED) is 0.776. The first-order chi connectivity index (χ1) is 7.26. The maximum Gasteiger partial charge on any atom is 0.0794 e. The molecule has 0 bridgehead atoms. The summed E-state index contributed by atoms with van der Waals surface area (Å²) in [6.45, 7) is 2.11. The van der Waals surface area contributed by atoms with Gasteiger partial charge >= 0.3 is 0 Å². The first-order valence-electron chi connectivity index (χ1n) is 5.33. The van der Waals surface area contributed by atoms with Gasteiger partial charge in [0, 0.05) is 24.2 Å². The normalized spacial score (nSPS) is 15.1.